The molecular formula is C22H20N2O3. The fourth-order valence-corrected chi connectivity index (χ4v) is 3.14. The van der Waals surface area contributed by atoms with Gasteiger partial charge in [0.1, 0.15) is 16.9 Å². The van der Waals surface area contributed by atoms with Gasteiger partial charge in [-0.15, -0.1) is 0 Å². The SMILES string of the molecule is COc1cc2c(cc1NC(=O)c1cccc(N(C)C)c1)oc1ccccc12. The molecule has 0 aliphatic carbocycles. The van der Waals surface area contributed by atoms with Crippen LogP contribution >= 0.6 is 0 Å². The average molecular weight is 360 g/mol. The van der Waals surface area contributed by atoms with Crippen LogP contribution in [0.5, 0.6) is 5.75 Å². The highest BCUT2D eigenvalue weighted by atomic mass is 16.5. The lowest BCUT2D eigenvalue weighted by Gasteiger charge is -2.14. The number of carbonyl (C=O) groups excluding carboxylic acids is 1. The van der Waals surface area contributed by atoms with Gasteiger partial charge in [-0.1, -0.05) is 24.3 Å². The van der Waals surface area contributed by atoms with Gasteiger partial charge in [0, 0.05) is 42.2 Å². The first-order valence-corrected chi connectivity index (χ1v) is 8.65. The Morgan fingerprint density at radius 1 is 0.963 bits per heavy atom. The van der Waals surface area contributed by atoms with Crippen molar-refractivity contribution in [3.05, 3.63) is 66.2 Å². The molecule has 3 aromatic carbocycles. The molecule has 4 aromatic rings. The Labute approximate surface area is 157 Å². The minimum atomic E-state index is -0.201. The summed E-state index contributed by atoms with van der Waals surface area (Å²) in [6, 6.07) is 19.0. The summed E-state index contributed by atoms with van der Waals surface area (Å²) in [4.78, 5) is 14.7. The van der Waals surface area contributed by atoms with Crippen LogP contribution in [-0.4, -0.2) is 27.1 Å². The van der Waals surface area contributed by atoms with Crippen molar-refractivity contribution in [1.82, 2.24) is 0 Å². The largest absolute Gasteiger partial charge is 0.495 e. The molecule has 0 unspecified atom stereocenters. The molecule has 0 aliphatic rings. The molecule has 1 heterocycles. The zero-order valence-electron chi connectivity index (χ0n) is 15.4. The van der Waals surface area contributed by atoms with Gasteiger partial charge in [-0.25, -0.2) is 0 Å². The van der Waals surface area contributed by atoms with Crippen molar-refractivity contribution in [2.75, 3.05) is 31.4 Å². The first kappa shape index (κ1) is 17.0. The van der Waals surface area contributed by atoms with Gasteiger partial charge in [-0.3, -0.25) is 4.79 Å². The highest BCUT2D eigenvalue weighted by Gasteiger charge is 2.15. The van der Waals surface area contributed by atoms with Crippen molar-refractivity contribution >= 4 is 39.2 Å². The third-order valence-corrected chi connectivity index (χ3v) is 4.57. The first-order chi connectivity index (χ1) is 13.1. The van der Waals surface area contributed by atoms with E-state index in [0.717, 1.165) is 22.0 Å². The maximum absolute atomic E-state index is 12.7. The minimum absolute atomic E-state index is 0.201. The van der Waals surface area contributed by atoms with Gasteiger partial charge in [0.15, 0.2) is 0 Å². The van der Waals surface area contributed by atoms with E-state index in [-0.39, 0.29) is 5.91 Å². The van der Waals surface area contributed by atoms with Crippen molar-refractivity contribution < 1.29 is 13.9 Å². The number of hydrogen-bond donors (Lipinski definition) is 1. The normalized spacial score (nSPS) is 10.9. The molecule has 5 nitrogen and oxygen atoms in total. The highest BCUT2D eigenvalue weighted by Crippen LogP contribution is 2.36. The van der Waals surface area contributed by atoms with Crippen LogP contribution in [0.2, 0.25) is 0 Å². The number of furan rings is 1. The Kier molecular flexibility index (Phi) is 4.20. The summed E-state index contributed by atoms with van der Waals surface area (Å²) in [5.41, 5.74) is 3.62. The molecule has 0 radical (unpaired) electrons. The monoisotopic (exact) mass is 360 g/mol. The number of para-hydroxylation sites is 1. The predicted molar refractivity (Wildman–Crippen MR) is 109 cm³/mol. The van der Waals surface area contributed by atoms with Gasteiger partial charge >= 0.3 is 0 Å². The van der Waals surface area contributed by atoms with Crippen LogP contribution in [0.4, 0.5) is 11.4 Å². The zero-order chi connectivity index (χ0) is 19.0. The van der Waals surface area contributed by atoms with E-state index in [9.17, 15) is 4.79 Å². The number of benzene rings is 3. The first-order valence-electron chi connectivity index (χ1n) is 8.65. The van der Waals surface area contributed by atoms with Crippen molar-refractivity contribution in [1.29, 1.82) is 0 Å². The summed E-state index contributed by atoms with van der Waals surface area (Å²) in [5.74, 6) is 0.388. The molecule has 0 atom stereocenters. The minimum Gasteiger partial charge on any atom is -0.495 e. The second-order valence-corrected chi connectivity index (χ2v) is 6.55. The zero-order valence-corrected chi connectivity index (χ0v) is 15.4. The van der Waals surface area contributed by atoms with Crippen molar-refractivity contribution in [3.63, 3.8) is 0 Å². The molecule has 4 rings (SSSR count). The van der Waals surface area contributed by atoms with Gasteiger partial charge in [-0.2, -0.15) is 0 Å². The molecule has 1 N–H and O–H groups in total. The van der Waals surface area contributed by atoms with Crippen LogP contribution in [0.25, 0.3) is 21.9 Å². The molecule has 0 saturated heterocycles. The quantitative estimate of drug-likeness (QED) is 0.562. The number of methoxy groups -OCH3 is 1. The van der Waals surface area contributed by atoms with Crippen molar-refractivity contribution in [2.45, 2.75) is 0 Å². The molecule has 0 fully saturated rings. The van der Waals surface area contributed by atoms with E-state index >= 15 is 0 Å². The highest BCUT2D eigenvalue weighted by molar-refractivity contribution is 6.10. The van der Waals surface area contributed by atoms with Crippen LogP contribution in [0.15, 0.2) is 65.1 Å². The summed E-state index contributed by atoms with van der Waals surface area (Å²) in [5, 5.41) is 4.91. The van der Waals surface area contributed by atoms with Crippen LogP contribution in [0, 0.1) is 0 Å². The molecule has 0 aliphatic heterocycles. The maximum atomic E-state index is 12.7. The number of rotatable bonds is 4. The Bertz CT molecular complexity index is 1140. The summed E-state index contributed by atoms with van der Waals surface area (Å²) in [6.07, 6.45) is 0. The Hall–Kier alpha value is -3.47. The lowest BCUT2D eigenvalue weighted by molar-refractivity contribution is 0.102. The van der Waals surface area contributed by atoms with Gasteiger partial charge in [0.2, 0.25) is 0 Å². The Balaban J connectivity index is 1.73. The number of fused-ring (bicyclic) bond motifs is 3. The molecule has 136 valence electrons. The van der Waals surface area contributed by atoms with Gasteiger partial charge in [0.25, 0.3) is 5.91 Å². The molecule has 1 amide bonds. The van der Waals surface area contributed by atoms with Crippen LogP contribution in [0.1, 0.15) is 10.4 Å². The molecule has 27 heavy (non-hydrogen) atoms. The smallest absolute Gasteiger partial charge is 0.255 e. The van der Waals surface area contributed by atoms with E-state index in [1.165, 1.54) is 0 Å². The van der Waals surface area contributed by atoms with E-state index in [1.54, 1.807) is 13.2 Å². The van der Waals surface area contributed by atoms with Crippen LogP contribution < -0.4 is 15.0 Å². The third-order valence-electron chi connectivity index (χ3n) is 4.57. The number of nitrogens with one attached hydrogen (secondary N) is 1. The Morgan fingerprint density at radius 3 is 2.56 bits per heavy atom. The Morgan fingerprint density at radius 2 is 1.78 bits per heavy atom. The maximum Gasteiger partial charge on any atom is 0.255 e. The number of amides is 1. The second-order valence-electron chi connectivity index (χ2n) is 6.55. The standard InChI is InChI=1S/C22H20N2O3/c1-24(2)15-8-6-7-14(11-15)22(25)23-18-13-20-17(12-21(18)26-3)16-9-4-5-10-19(16)27-20/h4-13H,1-3H3,(H,23,25). The third kappa shape index (κ3) is 3.08. The molecule has 1 aromatic heterocycles. The predicted octanol–water partition coefficient (Wildman–Crippen LogP) is 4.91. The molecule has 5 heteroatoms. The van der Waals surface area contributed by atoms with E-state index in [0.29, 0.717) is 22.6 Å². The van der Waals surface area contributed by atoms with Gasteiger partial charge < -0.3 is 19.4 Å². The molecular weight excluding hydrogens is 340 g/mol. The van der Waals surface area contributed by atoms with Gasteiger partial charge in [0.05, 0.1) is 12.8 Å². The number of anilines is 2. The second kappa shape index (κ2) is 6.68. The topological polar surface area (TPSA) is 54.7 Å². The van der Waals surface area contributed by atoms with E-state index in [2.05, 4.69) is 5.32 Å². The fourth-order valence-electron chi connectivity index (χ4n) is 3.14. The lowest BCUT2D eigenvalue weighted by Crippen LogP contribution is -2.14. The van der Waals surface area contributed by atoms with E-state index in [4.69, 9.17) is 9.15 Å². The van der Waals surface area contributed by atoms with E-state index in [1.807, 2.05) is 73.6 Å². The van der Waals surface area contributed by atoms with Crippen molar-refractivity contribution in [2.24, 2.45) is 0 Å². The number of nitrogens with zero attached hydrogens (tertiary/aromatic N) is 1. The molecule has 0 saturated carbocycles. The van der Waals surface area contributed by atoms with Crippen molar-refractivity contribution in [3.8, 4) is 5.75 Å². The summed E-state index contributed by atoms with van der Waals surface area (Å²) in [7, 11) is 5.47. The van der Waals surface area contributed by atoms with Crippen LogP contribution in [0.3, 0.4) is 0 Å². The fraction of sp³-hybridized carbons (Fsp3) is 0.136. The molecule has 0 bridgehead atoms. The number of hydrogen-bond acceptors (Lipinski definition) is 4. The average Bonchev–Trinajstić information content (AvgIpc) is 3.04. The summed E-state index contributed by atoms with van der Waals surface area (Å²) in [6.45, 7) is 0. The van der Waals surface area contributed by atoms with Crippen LogP contribution in [-0.2, 0) is 0 Å². The van der Waals surface area contributed by atoms with Gasteiger partial charge in [-0.05, 0) is 30.3 Å². The number of ether oxygens (including phenoxy) is 1. The summed E-state index contributed by atoms with van der Waals surface area (Å²) >= 11 is 0. The van der Waals surface area contributed by atoms with E-state index < -0.39 is 0 Å². The lowest BCUT2D eigenvalue weighted by atomic mass is 10.1. The number of carbonyl (C=O) groups is 1. The summed E-state index contributed by atoms with van der Waals surface area (Å²) < 4.78 is 11.4. The molecule has 0 spiro atoms.